The number of benzene rings is 3. The van der Waals surface area contributed by atoms with E-state index in [1.165, 1.54) is 5.56 Å². The lowest BCUT2D eigenvalue weighted by molar-refractivity contribution is 0.0949. The number of ketones is 1. The highest BCUT2D eigenvalue weighted by Crippen LogP contribution is 2.42. The number of carbonyl (C=O) groups is 1. The number of hydrogen-bond donors (Lipinski definition) is 0. The standard InChI is InChI=1S/C28H27NO5/c1-3-32-22-10-6-20(7-11-22)16-26-27(30)23-12-13-25-24(28(23)34-26)17-29(18-33-25)15-14-19-4-8-21(31-2)9-5-19/h4-13,16H,3,14-15,17-18H2,1-2H3/b26-16-. The van der Waals surface area contributed by atoms with Gasteiger partial charge in [-0.2, -0.15) is 0 Å². The van der Waals surface area contributed by atoms with Gasteiger partial charge in [0.15, 0.2) is 5.76 Å². The fourth-order valence-electron chi connectivity index (χ4n) is 4.21. The number of nitrogens with zero attached hydrogens (tertiary/aromatic N) is 1. The van der Waals surface area contributed by atoms with Gasteiger partial charge in [0.25, 0.3) is 0 Å². The molecule has 0 saturated carbocycles. The van der Waals surface area contributed by atoms with Crippen molar-refractivity contribution >= 4 is 11.9 Å². The molecule has 6 heteroatoms. The van der Waals surface area contributed by atoms with Gasteiger partial charge in [-0.1, -0.05) is 24.3 Å². The number of methoxy groups -OCH3 is 1. The van der Waals surface area contributed by atoms with Gasteiger partial charge in [-0.25, -0.2) is 0 Å². The second-order valence-corrected chi connectivity index (χ2v) is 8.28. The third-order valence-corrected chi connectivity index (χ3v) is 6.05. The minimum Gasteiger partial charge on any atom is -0.497 e. The molecule has 34 heavy (non-hydrogen) atoms. The summed E-state index contributed by atoms with van der Waals surface area (Å²) in [6, 6.07) is 19.4. The fourth-order valence-corrected chi connectivity index (χ4v) is 4.21. The molecule has 0 N–H and O–H groups in total. The van der Waals surface area contributed by atoms with Crippen molar-refractivity contribution in [1.29, 1.82) is 0 Å². The van der Waals surface area contributed by atoms with Crippen molar-refractivity contribution in [3.05, 3.63) is 88.7 Å². The van der Waals surface area contributed by atoms with Crippen LogP contribution in [0.25, 0.3) is 6.08 Å². The predicted molar refractivity (Wildman–Crippen MR) is 130 cm³/mol. The first kappa shape index (κ1) is 22.0. The molecule has 0 spiro atoms. The van der Waals surface area contributed by atoms with Gasteiger partial charge < -0.3 is 18.9 Å². The Bertz CT molecular complexity index is 1210. The van der Waals surface area contributed by atoms with Crippen molar-refractivity contribution in [2.24, 2.45) is 0 Å². The summed E-state index contributed by atoms with van der Waals surface area (Å²) in [5.74, 6) is 3.24. The van der Waals surface area contributed by atoms with Crippen molar-refractivity contribution in [2.45, 2.75) is 19.9 Å². The van der Waals surface area contributed by atoms with Crippen molar-refractivity contribution in [3.63, 3.8) is 0 Å². The normalized spacial score (nSPS) is 15.9. The lowest BCUT2D eigenvalue weighted by atomic mass is 10.0. The first-order valence-corrected chi connectivity index (χ1v) is 11.5. The summed E-state index contributed by atoms with van der Waals surface area (Å²) in [7, 11) is 1.67. The molecule has 5 rings (SSSR count). The van der Waals surface area contributed by atoms with Crippen LogP contribution in [0.4, 0.5) is 0 Å². The van der Waals surface area contributed by atoms with Crippen LogP contribution in [0.15, 0.2) is 66.4 Å². The third-order valence-electron chi connectivity index (χ3n) is 6.05. The first-order valence-electron chi connectivity index (χ1n) is 11.5. The minimum absolute atomic E-state index is 0.109. The lowest BCUT2D eigenvalue weighted by Gasteiger charge is -2.29. The molecule has 0 amide bonds. The zero-order chi connectivity index (χ0) is 23.5. The summed E-state index contributed by atoms with van der Waals surface area (Å²) in [5, 5.41) is 0. The average Bonchev–Trinajstić information content (AvgIpc) is 3.19. The molecule has 0 atom stereocenters. The van der Waals surface area contributed by atoms with Crippen LogP contribution in [0.5, 0.6) is 23.0 Å². The number of ether oxygens (including phenoxy) is 4. The molecule has 0 bridgehead atoms. The maximum atomic E-state index is 13.0. The Morgan fingerprint density at radius 3 is 2.50 bits per heavy atom. The van der Waals surface area contributed by atoms with Gasteiger partial charge in [-0.15, -0.1) is 0 Å². The van der Waals surface area contributed by atoms with Gasteiger partial charge in [-0.05, 0) is 66.9 Å². The van der Waals surface area contributed by atoms with Crippen molar-refractivity contribution in [1.82, 2.24) is 4.90 Å². The second kappa shape index (κ2) is 9.61. The van der Waals surface area contributed by atoms with Crippen LogP contribution >= 0.6 is 0 Å². The highest BCUT2D eigenvalue weighted by atomic mass is 16.5. The summed E-state index contributed by atoms with van der Waals surface area (Å²) in [6.45, 7) is 4.56. The first-order chi connectivity index (χ1) is 16.6. The second-order valence-electron chi connectivity index (χ2n) is 8.28. The van der Waals surface area contributed by atoms with Crippen molar-refractivity contribution < 1.29 is 23.7 Å². The van der Waals surface area contributed by atoms with Crippen LogP contribution in [-0.2, 0) is 13.0 Å². The van der Waals surface area contributed by atoms with Gasteiger partial charge in [-0.3, -0.25) is 9.69 Å². The van der Waals surface area contributed by atoms with E-state index < -0.39 is 0 Å². The fraction of sp³-hybridized carbons (Fsp3) is 0.250. The van der Waals surface area contributed by atoms with E-state index in [0.717, 1.165) is 41.3 Å². The Labute approximate surface area is 199 Å². The Morgan fingerprint density at radius 2 is 1.76 bits per heavy atom. The largest absolute Gasteiger partial charge is 0.497 e. The van der Waals surface area contributed by atoms with Crippen LogP contribution in [0.1, 0.15) is 34.0 Å². The number of hydrogen-bond acceptors (Lipinski definition) is 6. The van der Waals surface area contributed by atoms with E-state index in [9.17, 15) is 4.79 Å². The number of allylic oxidation sites excluding steroid dienone is 1. The quantitative estimate of drug-likeness (QED) is 0.460. The highest BCUT2D eigenvalue weighted by molar-refractivity contribution is 6.15. The van der Waals surface area contributed by atoms with Crippen molar-refractivity contribution in [2.75, 3.05) is 27.0 Å². The molecule has 2 aliphatic rings. The van der Waals surface area contributed by atoms with Gasteiger partial charge in [0.2, 0.25) is 5.78 Å². The van der Waals surface area contributed by atoms with Gasteiger partial charge >= 0.3 is 0 Å². The Balaban J connectivity index is 1.30. The summed E-state index contributed by atoms with van der Waals surface area (Å²) in [4.78, 5) is 15.2. The Kier molecular flexibility index (Phi) is 6.23. The van der Waals surface area contributed by atoms with E-state index in [0.29, 0.717) is 37.0 Å². The number of carbonyl (C=O) groups excluding carboxylic acids is 1. The molecular formula is C28H27NO5. The van der Waals surface area contributed by atoms with Gasteiger partial charge in [0.1, 0.15) is 29.7 Å². The molecule has 0 unspecified atom stereocenters. The van der Waals surface area contributed by atoms with Crippen molar-refractivity contribution in [3.8, 4) is 23.0 Å². The summed E-state index contributed by atoms with van der Waals surface area (Å²) >= 11 is 0. The van der Waals surface area contributed by atoms with Gasteiger partial charge in [0.05, 0.1) is 24.8 Å². The van der Waals surface area contributed by atoms with Crippen LogP contribution in [-0.4, -0.2) is 37.7 Å². The molecule has 2 aliphatic heterocycles. The van der Waals surface area contributed by atoms with E-state index in [1.807, 2.05) is 49.4 Å². The van der Waals surface area contributed by atoms with Crippen LogP contribution < -0.4 is 18.9 Å². The smallest absolute Gasteiger partial charge is 0.231 e. The number of rotatable bonds is 7. The molecule has 0 aromatic heterocycles. The molecule has 0 radical (unpaired) electrons. The molecule has 6 nitrogen and oxygen atoms in total. The third kappa shape index (κ3) is 4.50. The maximum absolute atomic E-state index is 13.0. The average molecular weight is 458 g/mol. The zero-order valence-corrected chi connectivity index (χ0v) is 19.4. The number of fused-ring (bicyclic) bond motifs is 3. The minimum atomic E-state index is -0.109. The highest BCUT2D eigenvalue weighted by Gasteiger charge is 2.33. The topological polar surface area (TPSA) is 57.2 Å². The SMILES string of the molecule is CCOc1ccc(/C=C2\Oc3c(ccc4c3CN(CCc3ccc(OC)cc3)CO4)C2=O)cc1. The van der Waals surface area contributed by atoms with Crippen LogP contribution in [0, 0.1) is 0 Å². The molecule has 174 valence electrons. The Morgan fingerprint density at radius 1 is 1.00 bits per heavy atom. The molecule has 0 fully saturated rings. The lowest BCUT2D eigenvalue weighted by Crippen LogP contribution is -2.33. The summed E-state index contributed by atoms with van der Waals surface area (Å²) in [5.41, 5.74) is 3.61. The molecule has 3 aromatic rings. The maximum Gasteiger partial charge on any atom is 0.231 e. The van der Waals surface area contributed by atoms with E-state index in [4.69, 9.17) is 18.9 Å². The summed E-state index contributed by atoms with van der Waals surface area (Å²) in [6.07, 6.45) is 2.66. The molecular weight excluding hydrogens is 430 g/mol. The predicted octanol–water partition coefficient (Wildman–Crippen LogP) is 5.10. The van der Waals surface area contributed by atoms with E-state index >= 15 is 0 Å². The zero-order valence-electron chi connectivity index (χ0n) is 19.4. The van der Waals surface area contributed by atoms with Crippen LogP contribution in [0.2, 0.25) is 0 Å². The van der Waals surface area contributed by atoms with Crippen LogP contribution in [0.3, 0.4) is 0 Å². The molecule has 0 aliphatic carbocycles. The van der Waals surface area contributed by atoms with E-state index in [-0.39, 0.29) is 5.78 Å². The monoisotopic (exact) mass is 457 g/mol. The van der Waals surface area contributed by atoms with E-state index in [2.05, 4.69) is 17.0 Å². The molecule has 0 saturated heterocycles. The van der Waals surface area contributed by atoms with E-state index in [1.54, 1.807) is 19.3 Å². The summed E-state index contributed by atoms with van der Waals surface area (Å²) < 4.78 is 22.8. The number of Topliss-reactive ketones (excluding diaryl/α,β-unsaturated/α-hetero) is 1. The Hall–Kier alpha value is -3.77. The molecule has 2 heterocycles. The molecule has 3 aromatic carbocycles. The van der Waals surface area contributed by atoms with Gasteiger partial charge in [0, 0.05) is 13.1 Å².